The van der Waals surface area contributed by atoms with Crippen LogP contribution in [-0.2, 0) is 4.79 Å². The van der Waals surface area contributed by atoms with Crippen LogP contribution in [0.4, 0.5) is 0 Å². The van der Waals surface area contributed by atoms with Crippen molar-refractivity contribution in [2.45, 2.75) is 19.8 Å². The van der Waals surface area contributed by atoms with Crippen molar-refractivity contribution in [3.05, 3.63) is 21.9 Å². The van der Waals surface area contributed by atoms with Gasteiger partial charge in [0, 0.05) is 11.6 Å². The lowest BCUT2D eigenvalue weighted by Crippen LogP contribution is -2.21. The first-order valence-electron chi connectivity index (χ1n) is 4.87. The van der Waals surface area contributed by atoms with Gasteiger partial charge < -0.3 is 5.73 Å². The molecule has 1 fully saturated rings. The van der Waals surface area contributed by atoms with Gasteiger partial charge in [0.25, 0.3) is 0 Å². The SMILES string of the molecule is CC(C(=O)C1=IC=C(N)C=C1)C1CC1. The number of rotatable bonds is 3. The first kappa shape index (κ1) is 10.1. The molecule has 1 heterocycles. The minimum Gasteiger partial charge on any atom is -0.398 e. The van der Waals surface area contributed by atoms with Crippen LogP contribution in [0.15, 0.2) is 21.9 Å². The van der Waals surface area contributed by atoms with E-state index in [0.717, 1.165) is 9.21 Å². The van der Waals surface area contributed by atoms with Crippen molar-refractivity contribution in [3.63, 3.8) is 0 Å². The van der Waals surface area contributed by atoms with E-state index in [4.69, 9.17) is 5.73 Å². The van der Waals surface area contributed by atoms with Crippen LogP contribution in [0, 0.1) is 11.8 Å². The van der Waals surface area contributed by atoms with Crippen molar-refractivity contribution in [2.24, 2.45) is 17.6 Å². The monoisotopic (exact) mass is 303 g/mol. The van der Waals surface area contributed by atoms with Gasteiger partial charge in [-0.2, -0.15) is 0 Å². The normalized spacial score (nSPS) is 23.2. The largest absolute Gasteiger partial charge is 0.398 e. The van der Waals surface area contributed by atoms with E-state index < -0.39 is 0 Å². The molecule has 0 radical (unpaired) electrons. The summed E-state index contributed by atoms with van der Waals surface area (Å²) >= 11 is -0.270. The van der Waals surface area contributed by atoms with E-state index in [1.165, 1.54) is 12.8 Å². The zero-order valence-corrected chi connectivity index (χ0v) is 10.3. The maximum absolute atomic E-state index is 12.0. The third-order valence-electron chi connectivity index (χ3n) is 2.70. The second-order valence-corrected chi connectivity index (χ2v) is 6.30. The lowest BCUT2D eigenvalue weighted by atomic mass is 9.98. The number of halogens is 1. The molecule has 76 valence electrons. The molecule has 1 saturated carbocycles. The topological polar surface area (TPSA) is 43.1 Å². The van der Waals surface area contributed by atoms with Crippen molar-refractivity contribution in [3.8, 4) is 0 Å². The fraction of sp³-hybridized carbons (Fsp3) is 0.455. The van der Waals surface area contributed by atoms with Gasteiger partial charge in [0.05, 0.1) is 3.51 Å². The van der Waals surface area contributed by atoms with Crippen LogP contribution in [0.1, 0.15) is 19.8 Å². The molecule has 2 nitrogen and oxygen atoms in total. The molecule has 1 atom stereocenters. The second kappa shape index (κ2) is 3.96. The molecule has 1 aliphatic heterocycles. The number of nitrogens with two attached hydrogens (primary N) is 1. The highest BCUT2D eigenvalue weighted by Crippen LogP contribution is 2.37. The summed E-state index contributed by atoms with van der Waals surface area (Å²) in [6.07, 6.45) is 6.24. The van der Waals surface area contributed by atoms with E-state index in [1.54, 1.807) is 0 Å². The Morgan fingerprint density at radius 1 is 1.57 bits per heavy atom. The van der Waals surface area contributed by atoms with Gasteiger partial charge >= 0.3 is 0 Å². The smallest absolute Gasteiger partial charge is 0.171 e. The maximum Gasteiger partial charge on any atom is 0.171 e. The summed E-state index contributed by atoms with van der Waals surface area (Å²) in [7, 11) is 0. The molecule has 0 spiro atoms. The Bertz CT molecular complexity index is 350. The molecule has 2 N–H and O–H groups in total. The van der Waals surface area contributed by atoms with Gasteiger partial charge in [0.1, 0.15) is 0 Å². The number of carbonyl (C=O) groups is 1. The van der Waals surface area contributed by atoms with Gasteiger partial charge in [-0.3, -0.25) is 4.79 Å². The molecule has 3 heteroatoms. The summed E-state index contributed by atoms with van der Waals surface area (Å²) in [6, 6.07) is 0. The van der Waals surface area contributed by atoms with Gasteiger partial charge in [-0.25, -0.2) is 0 Å². The second-order valence-electron chi connectivity index (χ2n) is 3.89. The first-order chi connectivity index (χ1) is 6.68. The zero-order valence-electron chi connectivity index (χ0n) is 8.16. The van der Waals surface area contributed by atoms with Crippen LogP contribution < -0.4 is 5.73 Å². The molecule has 1 unspecified atom stereocenters. The minimum absolute atomic E-state index is 0.238. The van der Waals surface area contributed by atoms with Crippen LogP contribution in [0.5, 0.6) is 0 Å². The fourth-order valence-corrected chi connectivity index (χ4v) is 3.62. The van der Waals surface area contributed by atoms with Crippen LogP contribution in [0.2, 0.25) is 0 Å². The highest BCUT2D eigenvalue weighted by molar-refractivity contribution is 14.2. The Morgan fingerprint density at radius 3 is 2.79 bits per heavy atom. The molecule has 0 saturated heterocycles. The van der Waals surface area contributed by atoms with E-state index in [9.17, 15) is 4.79 Å². The van der Waals surface area contributed by atoms with E-state index >= 15 is 0 Å². The Labute approximate surface area is 94.0 Å². The number of allylic oxidation sites excluding steroid dienone is 2. The molecule has 0 aromatic heterocycles. The van der Waals surface area contributed by atoms with Crippen molar-refractivity contribution in [2.75, 3.05) is 0 Å². The third-order valence-corrected chi connectivity index (χ3v) is 5.29. The number of Topliss-reactive ketones (excluding diaryl/α,β-unsaturated/α-hetero) is 1. The molecule has 0 aromatic carbocycles. The zero-order chi connectivity index (χ0) is 10.1. The molecule has 0 bridgehead atoms. The van der Waals surface area contributed by atoms with Crippen molar-refractivity contribution < 1.29 is 4.79 Å². The van der Waals surface area contributed by atoms with Crippen LogP contribution >= 0.6 is 20.7 Å². The Kier molecular flexibility index (Phi) is 2.85. The average Bonchev–Trinajstić information content (AvgIpc) is 3.00. The van der Waals surface area contributed by atoms with Crippen molar-refractivity contribution in [1.29, 1.82) is 0 Å². The molecule has 2 rings (SSSR count). The lowest BCUT2D eigenvalue weighted by Gasteiger charge is -2.10. The van der Waals surface area contributed by atoms with Gasteiger partial charge in [0.2, 0.25) is 0 Å². The number of carbonyl (C=O) groups excluding carboxylic acids is 1. The Balaban J connectivity index is 2.09. The molecular weight excluding hydrogens is 289 g/mol. The summed E-state index contributed by atoms with van der Waals surface area (Å²) in [5.41, 5.74) is 6.44. The predicted molar refractivity (Wildman–Crippen MR) is 67.3 cm³/mol. The van der Waals surface area contributed by atoms with Crippen molar-refractivity contribution in [1.82, 2.24) is 0 Å². The van der Waals surface area contributed by atoms with E-state index in [0.29, 0.717) is 11.7 Å². The van der Waals surface area contributed by atoms with Gasteiger partial charge in [-0.1, -0.05) is 27.7 Å². The maximum atomic E-state index is 12.0. The molecule has 2 aliphatic rings. The third kappa shape index (κ3) is 2.13. The van der Waals surface area contributed by atoms with E-state index in [2.05, 4.69) is 6.92 Å². The number of hydrogen-bond acceptors (Lipinski definition) is 2. The van der Waals surface area contributed by atoms with Crippen molar-refractivity contribution >= 4 is 30.0 Å². The van der Waals surface area contributed by atoms with E-state index in [-0.39, 0.29) is 26.6 Å². The summed E-state index contributed by atoms with van der Waals surface area (Å²) in [4.78, 5) is 12.0. The van der Waals surface area contributed by atoms with Crippen LogP contribution in [0.25, 0.3) is 0 Å². The highest BCUT2D eigenvalue weighted by atomic mass is 127. The molecular formula is C11H14INO. The summed E-state index contributed by atoms with van der Waals surface area (Å²) in [5.74, 6) is 1.26. The summed E-state index contributed by atoms with van der Waals surface area (Å²) < 4.78 is 3.04. The predicted octanol–water partition coefficient (Wildman–Crippen LogP) is 2.11. The standard InChI is InChI=1S/C11H14INO/c1-7(8-2-3-8)11(14)10-5-4-9(13)6-12-10/h4-8H,2-3,13H2,1H3. The van der Waals surface area contributed by atoms with Gasteiger partial charge in [-0.15, -0.1) is 0 Å². The van der Waals surface area contributed by atoms with E-state index in [1.807, 2.05) is 16.2 Å². The highest BCUT2D eigenvalue weighted by Gasteiger charge is 2.33. The minimum atomic E-state index is -0.270. The van der Waals surface area contributed by atoms with Crippen LogP contribution in [0.3, 0.4) is 0 Å². The summed E-state index contributed by atoms with van der Waals surface area (Å²) in [5, 5.41) is 0. The Hall–Kier alpha value is -0.450. The molecule has 0 amide bonds. The molecule has 0 aromatic rings. The lowest BCUT2D eigenvalue weighted by molar-refractivity contribution is -0.116. The van der Waals surface area contributed by atoms with Crippen LogP contribution in [-0.4, -0.2) is 9.29 Å². The summed E-state index contributed by atoms with van der Waals surface area (Å²) in [6.45, 7) is 2.06. The number of hydrogen-bond donors (Lipinski definition) is 1. The Morgan fingerprint density at radius 2 is 2.29 bits per heavy atom. The number of ketones is 1. The molecule has 1 aliphatic carbocycles. The van der Waals surface area contributed by atoms with Gasteiger partial charge in [-0.05, 0) is 35.0 Å². The van der Waals surface area contributed by atoms with Gasteiger partial charge in [0.15, 0.2) is 5.78 Å². The molecule has 14 heavy (non-hydrogen) atoms. The average molecular weight is 303 g/mol. The first-order valence-corrected chi connectivity index (χ1v) is 7.19. The fourth-order valence-electron chi connectivity index (χ4n) is 1.53. The quantitative estimate of drug-likeness (QED) is 0.812.